The number of rotatable bonds is 3. The van der Waals surface area contributed by atoms with E-state index in [1.165, 1.54) is 12.0 Å². The average Bonchev–Trinajstić information content (AvgIpc) is 2.98. The van der Waals surface area contributed by atoms with Crippen molar-refractivity contribution >= 4 is 11.4 Å². The molecule has 20 heavy (non-hydrogen) atoms. The molecule has 1 saturated heterocycles. The lowest BCUT2D eigenvalue weighted by Crippen LogP contribution is -2.20. The van der Waals surface area contributed by atoms with Crippen molar-refractivity contribution in [3.8, 4) is 5.75 Å². The van der Waals surface area contributed by atoms with E-state index in [0.717, 1.165) is 30.2 Å². The fourth-order valence-corrected chi connectivity index (χ4v) is 2.90. The lowest BCUT2D eigenvalue weighted by molar-refractivity contribution is 0.415. The Labute approximate surface area is 120 Å². The Hall–Kier alpha value is -2.16. The van der Waals surface area contributed by atoms with Gasteiger partial charge < -0.3 is 15.4 Å². The van der Waals surface area contributed by atoms with E-state index in [1.807, 2.05) is 18.2 Å². The van der Waals surface area contributed by atoms with Gasteiger partial charge in [-0.2, -0.15) is 0 Å². The summed E-state index contributed by atoms with van der Waals surface area (Å²) in [5, 5.41) is 0. The SMILES string of the molecule is COc1ccc(N)c(N2CCC(c3ccccc3)C2)c1. The minimum absolute atomic E-state index is 0.585. The fraction of sp³-hybridized carbons (Fsp3) is 0.294. The number of nitrogens with zero attached hydrogens (tertiary/aromatic N) is 1. The fourth-order valence-electron chi connectivity index (χ4n) is 2.90. The van der Waals surface area contributed by atoms with Crippen LogP contribution in [0.2, 0.25) is 0 Å². The van der Waals surface area contributed by atoms with Crippen LogP contribution < -0.4 is 15.4 Å². The first kappa shape index (κ1) is 12.9. The molecule has 104 valence electrons. The van der Waals surface area contributed by atoms with Crippen molar-refractivity contribution < 1.29 is 4.74 Å². The molecule has 0 saturated carbocycles. The molecule has 0 spiro atoms. The van der Waals surface area contributed by atoms with Crippen molar-refractivity contribution in [2.75, 3.05) is 30.8 Å². The molecule has 0 aromatic heterocycles. The summed E-state index contributed by atoms with van der Waals surface area (Å²) >= 11 is 0. The number of hydrogen-bond donors (Lipinski definition) is 1. The van der Waals surface area contributed by atoms with E-state index in [4.69, 9.17) is 10.5 Å². The average molecular weight is 268 g/mol. The molecule has 2 aromatic carbocycles. The van der Waals surface area contributed by atoms with Crippen LogP contribution in [0.5, 0.6) is 5.75 Å². The van der Waals surface area contributed by atoms with Crippen LogP contribution in [0.4, 0.5) is 11.4 Å². The lowest BCUT2D eigenvalue weighted by atomic mass is 9.99. The van der Waals surface area contributed by atoms with Crippen molar-refractivity contribution in [2.45, 2.75) is 12.3 Å². The molecule has 0 bridgehead atoms. The number of anilines is 2. The Morgan fingerprint density at radius 2 is 1.95 bits per heavy atom. The zero-order valence-corrected chi connectivity index (χ0v) is 11.8. The van der Waals surface area contributed by atoms with E-state index in [9.17, 15) is 0 Å². The number of nitrogen functional groups attached to an aromatic ring is 1. The smallest absolute Gasteiger partial charge is 0.121 e. The van der Waals surface area contributed by atoms with E-state index in [1.54, 1.807) is 7.11 Å². The molecule has 3 heteroatoms. The second-order valence-electron chi connectivity index (χ2n) is 5.27. The Morgan fingerprint density at radius 1 is 1.15 bits per heavy atom. The van der Waals surface area contributed by atoms with Gasteiger partial charge in [0.25, 0.3) is 0 Å². The first-order chi connectivity index (χ1) is 9.78. The highest BCUT2D eigenvalue weighted by molar-refractivity contribution is 5.70. The highest BCUT2D eigenvalue weighted by atomic mass is 16.5. The quantitative estimate of drug-likeness (QED) is 0.868. The molecule has 1 aliphatic heterocycles. The van der Waals surface area contributed by atoms with E-state index in [-0.39, 0.29) is 0 Å². The molecule has 1 atom stereocenters. The molecular weight excluding hydrogens is 248 g/mol. The standard InChI is InChI=1S/C17H20N2O/c1-20-15-7-8-16(18)17(11-15)19-10-9-14(12-19)13-5-3-2-4-6-13/h2-8,11,14H,9-10,12,18H2,1H3. The van der Waals surface area contributed by atoms with Crippen molar-refractivity contribution in [1.29, 1.82) is 0 Å². The van der Waals surface area contributed by atoms with Crippen molar-refractivity contribution in [3.05, 3.63) is 54.1 Å². The van der Waals surface area contributed by atoms with Gasteiger partial charge in [0.05, 0.1) is 18.5 Å². The maximum Gasteiger partial charge on any atom is 0.121 e. The molecule has 1 aliphatic rings. The van der Waals surface area contributed by atoms with Crippen molar-refractivity contribution in [3.63, 3.8) is 0 Å². The van der Waals surface area contributed by atoms with Gasteiger partial charge in [-0.3, -0.25) is 0 Å². The summed E-state index contributed by atoms with van der Waals surface area (Å²) in [5.74, 6) is 1.44. The van der Waals surface area contributed by atoms with Gasteiger partial charge >= 0.3 is 0 Å². The predicted octanol–water partition coefficient (Wildman–Crippen LogP) is 3.27. The van der Waals surface area contributed by atoms with Gasteiger partial charge in [-0.25, -0.2) is 0 Å². The van der Waals surface area contributed by atoms with Gasteiger partial charge in [0, 0.05) is 25.1 Å². The Morgan fingerprint density at radius 3 is 2.70 bits per heavy atom. The number of hydrogen-bond acceptors (Lipinski definition) is 3. The topological polar surface area (TPSA) is 38.5 Å². The molecular formula is C17H20N2O. The second kappa shape index (κ2) is 5.45. The third-order valence-corrected chi connectivity index (χ3v) is 4.04. The normalized spacial score (nSPS) is 18.2. The first-order valence-electron chi connectivity index (χ1n) is 7.01. The summed E-state index contributed by atoms with van der Waals surface area (Å²) in [6, 6.07) is 16.6. The van der Waals surface area contributed by atoms with Gasteiger partial charge in [0.15, 0.2) is 0 Å². The Balaban J connectivity index is 1.80. The molecule has 0 radical (unpaired) electrons. The van der Waals surface area contributed by atoms with Crippen LogP contribution in [0.15, 0.2) is 48.5 Å². The summed E-state index contributed by atoms with van der Waals surface area (Å²) in [6.07, 6.45) is 1.17. The van der Waals surface area contributed by atoms with E-state index in [0.29, 0.717) is 5.92 Å². The summed E-state index contributed by atoms with van der Waals surface area (Å²) in [4.78, 5) is 2.36. The highest BCUT2D eigenvalue weighted by Gasteiger charge is 2.25. The number of nitrogens with two attached hydrogens (primary N) is 1. The lowest BCUT2D eigenvalue weighted by Gasteiger charge is -2.21. The minimum Gasteiger partial charge on any atom is -0.497 e. The predicted molar refractivity (Wildman–Crippen MR) is 83.4 cm³/mol. The Bertz CT molecular complexity index is 583. The molecule has 3 nitrogen and oxygen atoms in total. The summed E-state index contributed by atoms with van der Waals surface area (Å²) in [5.41, 5.74) is 9.43. The van der Waals surface area contributed by atoms with Gasteiger partial charge in [-0.15, -0.1) is 0 Å². The van der Waals surface area contributed by atoms with Crippen molar-refractivity contribution in [2.24, 2.45) is 0 Å². The van der Waals surface area contributed by atoms with Crippen LogP contribution in [-0.2, 0) is 0 Å². The molecule has 1 heterocycles. The van der Waals surface area contributed by atoms with Gasteiger partial charge in [0.1, 0.15) is 5.75 Å². The van der Waals surface area contributed by atoms with Gasteiger partial charge in [0.2, 0.25) is 0 Å². The molecule has 3 rings (SSSR count). The Kier molecular flexibility index (Phi) is 3.50. The van der Waals surface area contributed by atoms with Gasteiger partial charge in [-0.05, 0) is 24.1 Å². The van der Waals surface area contributed by atoms with Crippen LogP contribution in [0.3, 0.4) is 0 Å². The first-order valence-corrected chi connectivity index (χ1v) is 7.01. The van der Waals surface area contributed by atoms with E-state index < -0.39 is 0 Å². The maximum atomic E-state index is 6.11. The van der Waals surface area contributed by atoms with Crippen LogP contribution in [0.1, 0.15) is 17.9 Å². The van der Waals surface area contributed by atoms with Crippen LogP contribution in [0, 0.1) is 0 Å². The summed E-state index contributed by atoms with van der Waals surface area (Å²) < 4.78 is 5.30. The number of ether oxygens (including phenoxy) is 1. The van der Waals surface area contributed by atoms with Crippen molar-refractivity contribution in [1.82, 2.24) is 0 Å². The number of methoxy groups -OCH3 is 1. The maximum absolute atomic E-state index is 6.11. The molecule has 2 aromatic rings. The molecule has 1 fully saturated rings. The van der Waals surface area contributed by atoms with Crippen LogP contribution in [0.25, 0.3) is 0 Å². The molecule has 1 unspecified atom stereocenters. The largest absolute Gasteiger partial charge is 0.497 e. The zero-order valence-electron chi connectivity index (χ0n) is 11.8. The number of benzene rings is 2. The van der Waals surface area contributed by atoms with Gasteiger partial charge in [-0.1, -0.05) is 30.3 Å². The molecule has 0 aliphatic carbocycles. The molecule has 2 N–H and O–H groups in total. The van der Waals surface area contributed by atoms with E-state index >= 15 is 0 Å². The highest BCUT2D eigenvalue weighted by Crippen LogP contribution is 2.35. The molecule has 0 amide bonds. The minimum atomic E-state index is 0.585. The zero-order chi connectivity index (χ0) is 13.9. The third kappa shape index (κ3) is 2.44. The summed E-state index contributed by atoms with van der Waals surface area (Å²) in [6.45, 7) is 2.05. The second-order valence-corrected chi connectivity index (χ2v) is 5.27. The van der Waals surface area contributed by atoms with E-state index in [2.05, 4.69) is 35.2 Å². The third-order valence-electron chi connectivity index (χ3n) is 4.04. The van der Waals surface area contributed by atoms with Crippen LogP contribution >= 0.6 is 0 Å². The summed E-state index contributed by atoms with van der Waals surface area (Å²) in [7, 11) is 1.69. The van der Waals surface area contributed by atoms with Crippen LogP contribution in [-0.4, -0.2) is 20.2 Å². The monoisotopic (exact) mass is 268 g/mol.